The number of benzene rings is 3. The van der Waals surface area contributed by atoms with E-state index in [-0.39, 0.29) is 37.5 Å². The Morgan fingerprint density at radius 2 is 1.64 bits per heavy atom. The molecule has 0 bridgehead atoms. The van der Waals surface area contributed by atoms with Crippen molar-refractivity contribution in [2.75, 3.05) is 19.5 Å². The molecule has 0 aliphatic rings. The van der Waals surface area contributed by atoms with Crippen molar-refractivity contribution in [1.29, 1.82) is 0 Å². The van der Waals surface area contributed by atoms with Gasteiger partial charge in [0.1, 0.15) is 30.0 Å². The van der Waals surface area contributed by atoms with Crippen LogP contribution in [0.15, 0.2) is 72.8 Å². The second kappa shape index (κ2) is 13.4. The number of hydrogen-bond acceptors (Lipinski definition) is 7. The molecule has 0 spiro atoms. The third-order valence-corrected chi connectivity index (χ3v) is 6.93. The summed E-state index contributed by atoms with van der Waals surface area (Å²) >= 11 is 0. The molecule has 3 rings (SSSR count). The summed E-state index contributed by atoms with van der Waals surface area (Å²) in [4.78, 5) is 10.3. The molecule has 9 heteroatoms. The number of aliphatic hydroxyl groups excluding tert-OH is 2. The summed E-state index contributed by atoms with van der Waals surface area (Å²) in [5.74, 6) is 1.02. The molecule has 0 fully saturated rings. The number of aliphatic hydroxyl groups is 2. The summed E-state index contributed by atoms with van der Waals surface area (Å²) in [6.07, 6.45) is -0.209. The number of hydrogen-bond donors (Lipinski definition) is 5. The molecular weight excluding hydrogens is 481 g/mol. The molecule has 5 N–H and O–H groups in total. The summed E-state index contributed by atoms with van der Waals surface area (Å²) in [7, 11) is -3.48. The molecule has 0 saturated carbocycles. The van der Waals surface area contributed by atoms with Gasteiger partial charge in [0.15, 0.2) is 6.35 Å². The van der Waals surface area contributed by atoms with E-state index in [1.807, 2.05) is 49.4 Å². The summed E-state index contributed by atoms with van der Waals surface area (Å²) in [6.45, 7) is 2.12. The summed E-state index contributed by atoms with van der Waals surface area (Å²) in [5.41, 5.74) is 2.20. The third-order valence-electron chi connectivity index (χ3n) is 5.54. The molecule has 0 amide bonds. The van der Waals surface area contributed by atoms with Crippen LogP contribution in [0.25, 0.3) is 0 Å². The highest BCUT2D eigenvalue weighted by Crippen LogP contribution is 2.44. The van der Waals surface area contributed by atoms with Gasteiger partial charge in [-0.15, -0.1) is 0 Å². The molecule has 0 aliphatic carbocycles. The number of para-hydroxylation sites is 1. The first kappa shape index (κ1) is 27.7. The van der Waals surface area contributed by atoms with Gasteiger partial charge in [0, 0.05) is 18.2 Å². The predicted octanol–water partition coefficient (Wildman–Crippen LogP) is 3.65. The fraction of sp³-hybridized carbons (Fsp3) is 0.333. The van der Waals surface area contributed by atoms with Crippen LogP contribution in [-0.4, -0.2) is 51.9 Å². The van der Waals surface area contributed by atoms with Crippen molar-refractivity contribution >= 4 is 7.37 Å². The molecule has 36 heavy (non-hydrogen) atoms. The number of ether oxygens (including phenoxy) is 2. The first-order valence-corrected chi connectivity index (χ1v) is 13.8. The maximum Gasteiger partial charge on any atom is 0.241 e. The van der Waals surface area contributed by atoms with Crippen molar-refractivity contribution in [3.63, 3.8) is 0 Å². The van der Waals surface area contributed by atoms with Crippen molar-refractivity contribution in [2.24, 2.45) is 0 Å². The van der Waals surface area contributed by atoms with Gasteiger partial charge in [0.2, 0.25) is 7.37 Å². The predicted molar refractivity (Wildman–Crippen MR) is 139 cm³/mol. The Kier molecular flexibility index (Phi) is 10.3. The SMILES string of the molecule is CC(Cc1ccc(CP(=O)(O)COc2ccccc2)cc1)NCC(O)COc1ccc(O)c(CO)c1. The Balaban J connectivity index is 1.39. The Bertz CT molecular complexity index is 1120. The van der Waals surface area contributed by atoms with E-state index >= 15 is 0 Å². The van der Waals surface area contributed by atoms with Crippen LogP contribution in [-0.2, 0) is 23.8 Å². The van der Waals surface area contributed by atoms with Crippen LogP contribution >= 0.6 is 7.37 Å². The lowest BCUT2D eigenvalue weighted by Crippen LogP contribution is -2.37. The van der Waals surface area contributed by atoms with Crippen LogP contribution in [0.2, 0.25) is 0 Å². The van der Waals surface area contributed by atoms with Crippen molar-refractivity contribution in [1.82, 2.24) is 5.32 Å². The van der Waals surface area contributed by atoms with Crippen molar-refractivity contribution in [3.05, 3.63) is 89.5 Å². The Morgan fingerprint density at radius 3 is 2.33 bits per heavy atom. The number of aromatic hydroxyl groups is 1. The van der Waals surface area contributed by atoms with Gasteiger partial charge in [-0.3, -0.25) is 4.57 Å². The molecule has 3 atom stereocenters. The second-order valence-corrected chi connectivity index (χ2v) is 11.1. The Morgan fingerprint density at radius 1 is 0.944 bits per heavy atom. The molecule has 3 aromatic carbocycles. The summed E-state index contributed by atoms with van der Waals surface area (Å²) in [5, 5.41) is 32.3. The average Bonchev–Trinajstić information content (AvgIpc) is 2.87. The fourth-order valence-electron chi connectivity index (χ4n) is 3.60. The minimum Gasteiger partial charge on any atom is -0.508 e. The number of rotatable bonds is 14. The van der Waals surface area contributed by atoms with Gasteiger partial charge < -0.3 is 35.0 Å². The monoisotopic (exact) mass is 515 g/mol. The number of phenols is 1. The van der Waals surface area contributed by atoms with Crippen LogP contribution < -0.4 is 14.8 Å². The highest BCUT2D eigenvalue weighted by Gasteiger charge is 2.20. The van der Waals surface area contributed by atoms with Crippen LogP contribution in [0.1, 0.15) is 23.6 Å². The van der Waals surface area contributed by atoms with Crippen LogP contribution in [0, 0.1) is 0 Å². The molecule has 3 aromatic rings. The molecule has 194 valence electrons. The zero-order chi connectivity index (χ0) is 26.0. The third kappa shape index (κ3) is 9.30. The van der Waals surface area contributed by atoms with E-state index in [1.54, 1.807) is 18.2 Å². The van der Waals surface area contributed by atoms with E-state index in [1.165, 1.54) is 12.1 Å². The van der Waals surface area contributed by atoms with Gasteiger partial charge in [-0.25, -0.2) is 0 Å². The van der Waals surface area contributed by atoms with E-state index in [0.29, 0.717) is 23.6 Å². The van der Waals surface area contributed by atoms with Crippen LogP contribution in [0.3, 0.4) is 0 Å². The van der Waals surface area contributed by atoms with E-state index in [0.717, 1.165) is 17.5 Å². The van der Waals surface area contributed by atoms with Crippen molar-refractivity contribution in [2.45, 2.75) is 38.3 Å². The first-order valence-electron chi connectivity index (χ1n) is 11.8. The molecule has 0 saturated heterocycles. The smallest absolute Gasteiger partial charge is 0.241 e. The molecule has 0 heterocycles. The highest BCUT2D eigenvalue weighted by atomic mass is 31.2. The van der Waals surface area contributed by atoms with Crippen LogP contribution in [0.5, 0.6) is 17.2 Å². The van der Waals surface area contributed by atoms with Crippen molar-refractivity contribution < 1.29 is 34.3 Å². The van der Waals surface area contributed by atoms with Gasteiger partial charge >= 0.3 is 0 Å². The van der Waals surface area contributed by atoms with E-state index in [4.69, 9.17) is 9.47 Å². The molecule has 0 radical (unpaired) electrons. The van der Waals surface area contributed by atoms with E-state index < -0.39 is 13.5 Å². The molecule has 0 aromatic heterocycles. The van der Waals surface area contributed by atoms with Crippen molar-refractivity contribution in [3.8, 4) is 17.2 Å². The molecule has 0 aliphatic heterocycles. The maximum atomic E-state index is 12.5. The highest BCUT2D eigenvalue weighted by molar-refractivity contribution is 7.56. The minimum atomic E-state index is -3.48. The largest absolute Gasteiger partial charge is 0.508 e. The van der Waals surface area contributed by atoms with Gasteiger partial charge in [-0.05, 0) is 54.8 Å². The molecule has 3 unspecified atom stereocenters. The quantitative estimate of drug-likeness (QED) is 0.206. The lowest BCUT2D eigenvalue weighted by molar-refractivity contribution is 0.104. The number of nitrogens with one attached hydrogen (secondary N) is 1. The minimum absolute atomic E-state index is 0.00336. The summed E-state index contributed by atoms with van der Waals surface area (Å²) < 4.78 is 23.5. The van der Waals surface area contributed by atoms with Gasteiger partial charge in [-0.1, -0.05) is 42.5 Å². The van der Waals surface area contributed by atoms with Gasteiger partial charge in [0.05, 0.1) is 12.8 Å². The van der Waals surface area contributed by atoms with Crippen LogP contribution in [0.4, 0.5) is 0 Å². The zero-order valence-electron chi connectivity index (χ0n) is 20.3. The average molecular weight is 516 g/mol. The Hall–Kier alpha value is -2.87. The molecular formula is C27H34NO7P. The summed E-state index contributed by atoms with van der Waals surface area (Å²) in [6, 6.07) is 21.2. The topological polar surface area (TPSA) is 128 Å². The van der Waals surface area contributed by atoms with E-state index in [2.05, 4.69) is 5.32 Å². The van der Waals surface area contributed by atoms with Gasteiger partial charge in [0.25, 0.3) is 0 Å². The molecule has 8 nitrogen and oxygen atoms in total. The fourth-order valence-corrected chi connectivity index (χ4v) is 4.82. The maximum absolute atomic E-state index is 12.5. The standard InChI is InChI=1S/C27H34NO7P/c1-20(28-15-24(30)17-34-26-11-12-27(31)23(14-26)16-29)13-21-7-9-22(10-8-21)18-36(32,33)19-35-25-5-3-2-4-6-25/h2-12,14,20,24,28-31H,13,15-19H2,1H3,(H,32,33). The normalized spacial score (nSPS) is 14.6. The lowest BCUT2D eigenvalue weighted by Gasteiger charge is -2.18. The van der Waals surface area contributed by atoms with Gasteiger partial charge in [-0.2, -0.15) is 0 Å². The zero-order valence-corrected chi connectivity index (χ0v) is 21.2. The second-order valence-electron chi connectivity index (χ2n) is 8.83. The Labute approximate surface area is 211 Å². The first-order chi connectivity index (χ1) is 17.2. The lowest BCUT2D eigenvalue weighted by atomic mass is 10.1. The van der Waals surface area contributed by atoms with E-state index in [9.17, 15) is 24.8 Å².